The molecule has 1 saturated heterocycles. The minimum Gasteiger partial charge on any atom is -0.348 e. The van der Waals surface area contributed by atoms with Gasteiger partial charge < -0.3 is 10.6 Å². The van der Waals surface area contributed by atoms with Gasteiger partial charge in [0.2, 0.25) is 17.7 Å². The van der Waals surface area contributed by atoms with E-state index < -0.39 is 5.91 Å². The van der Waals surface area contributed by atoms with Crippen LogP contribution in [0.2, 0.25) is 0 Å². The molecule has 1 aliphatic heterocycles. The summed E-state index contributed by atoms with van der Waals surface area (Å²) < 4.78 is 0. The maximum atomic E-state index is 12.7. The lowest BCUT2D eigenvalue weighted by atomic mass is 9.85. The highest BCUT2D eigenvalue weighted by Gasteiger charge is 2.47. The molecule has 0 radical (unpaired) electrons. The van der Waals surface area contributed by atoms with Crippen LogP contribution in [0.4, 0.5) is 5.69 Å². The normalized spacial score (nSPS) is 19.8. The van der Waals surface area contributed by atoms with Crippen LogP contribution in [-0.4, -0.2) is 35.1 Å². The predicted octanol–water partition coefficient (Wildman–Crippen LogP) is 2.51. The molecule has 0 spiro atoms. The number of amides is 4. The summed E-state index contributed by atoms with van der Waals surface area (Å²) in [7, 11) is 0. The topological polar surface area (TPSA) is 95.6 Å². The molecule has 2 aromatic rings. The minimum atomic E-state index is -0.517. The van der Waals surface area contributed by atoms with Crippen molar-refractivity contribution in [3.63, 3.8) is 0 Å². The maximum Gasteiger partial charge on any atom is 0.253 e. The van der Waals surface area contributed by atoms with Crippen LogP contribution in [0.1, 0.15) is 28.8 Å². The first kappa shape index (κ1) is 20.5. The number of nitrogens with zero attached hydrogens (tertiary/aromatic N) is 1. The van der Waals surface area contributed by atoms with Crippen LogP contribution >= 0.6 is 0 Å². The van der Waals surface area contributed by atoms with Gasteiger partial charge in [0.15, 0.2) is 0 Å². The molecule has 7 nitrogen and oxygen atoms in total. The fraction of sp³-hybridized carbons (Fsp3) is 0.250. The molecule has 31 heavy (non-hydrogen) atoms. The van der Waals surface area contributed by atoms with E-state index in [4.69, 9.17) is 0 Å². The van der Waals surface area contributed by atoms with Crippen LogP contribution in [0.15, 0.2) is 66.7 Å². The highest BCUT2D eigenvalue weighted by Crippen LogP contribution is 2.34. The van der Waals surface area contributed by atoms with Gasteiger partial charge in [-0.1, -0.05) is 54.6 Å². The van der Waals surface area contributed by atoms with E-state index in [9.17, 15) is 19.2 Å². The minimum absolute atomic E-state index is 0.302. The lowest BCUT2D eigenvalue weighted by Gasteiger charge is -2.16. The molecule has 1 fully saturated rings. The highest BCUT2D eigenvalue weighted by molar-refractivity contribution is 6.10. The SMILES string of the molecule is O=C(CN1C(=O)C2CC=CCC2C1=O)Nc1ccccc1C(=O)NCc1ccccc1. The summed E-state index contributed by atoms with van der Waals surface area (Å²) in [4.78, 5) is 51.4. The average Bonchev–Trinajstić information content (AvgIpc) is 3.03. The molecular formula is C24H23N3O4. The number of fused-ring (bicyclic) bond motifs is 1. The zero-order valence-corrected chi connectivity index (χ0v) is 16.9. The predicted molar refractivity (Wildman–Crippen MR) is 115 cm³/mol. The van der Waals surface area contributed by atoms with Gasteiger partial charge in [0.05, 0.1) is 23.1 Å². The molecule has 2 aromatic carbocycles. The first-order valence-corrected chi connectivity index (χ1v) is 10.3. The number of hydrogen-bond acceptors (Lipinski definition) is 4. The summed E-state index contributed by atoms with van der Waals surface area (Å²) in [6, 6.07) is 16.1. The maximum absolute atomic E-state index is 12.7. The third-order valence-corrected chi connectivity index (χ3v) is 5.64. The van der Waals surface area contributed by atoms with Crippen molar-refractivity contribution in [2.24, 2.45) is 11.8 Å². The van der Waals surface area contributed by atoms with E-state index >= 15 is 0 Å². The Labute approximate surface area is 180 Å². The molecule has 1 aliphatic carbocycles. The van der Waals surface area contributed by atoms with E-state index in [0.29, 0.717) is 30.6 Å². The van der Waals surface area contributed by atoms with E-state index in [0.717, 1.165) is 10.5 Å². The largest absolute Gasteiger partial charge is 0.348 e. The summed E-state index contributed by atoms with van der Waals surface area (Å²) >= 11 is 0. The van der Waals surface area contributed by atoms with Crippen molar-refractivity contribution in [3.05, 3.63) is 77.9 Å². The Morgan fingerprint density at radius 2 is 1.48 bits per heavy atom. The standard InChI is InChI=1S/C24H23N3O4/c28-21(15-27-23(30)17-10-4-5-11-18(17)24(27)31)26-20-13-7-6-12-19(20)22(29)25-14-16-8-2-1-3-9-16/h1-9,12-13,17-18H,10-11,14-15H2,(H,25,29)(H,26,28). The number of carbonyl (C=O) groups is 4. The van der Waals surface area contributed by atoms with Gasteiger partial charge in [-0.15, -0.1) is 0 Å². The first-order valence-electron chi connectivity index (χ1n) is 10.3. The van der Waals surface area contributed by atoms with Gasteiger partial charge in [-0.05, 0) is 30.5 Å². The van der Waals surface area contributed by atoms with Crippen LogP contribution in [0.3, 0.4) is 0 Å². The van der Waals surface area contributed by atoms with Gasteiger partial charge in [0, 0.05) is 6.54 Å². The fourth-order valence-electron chi connectivity index (χ4n) is 4.02. The van der Waals surface area contributed by atoms with Gasteiger partial charge in [-0.2, -0.15) is 0 Å². The molecule has 158 valence electrons. The number of nitrogens with one attached hydrogen (secondary N) is 2. The smallest absolute Gasteiger partial charge is 0.253 e. The lowest BCUT2D eigenvalue weighted by molar-refractivity contribution is -0.142. The monoisotopic (exact) mass is 417 g/mol. The van der Waals surface area contributed by atoms with Crippen LogP contribution < -0.4 is 10.6 Å². The van der Waals surface area contributed by atoms with Gasteiger partial charge in [-0.25, -0.2) is 0 Å². The Kier molecular flexibility index (Phi) is 5.93. The van der Waals surface area contributed by atoms with Crippen molar-refractivity contribution in [1.29, 1.82) is 0 Å². The van der Waals surface area contributed by atoms with E-state index in [-0.39, 0.29) is 36.1 Å². The first-order chi connectivity index (χ1) is 15.0. The molecule has 2 N–H and O–H groups in total. The quantitative estimate of drug-likeness (QED) is 0.558. The molecule has 1 heterocycles. The molecule has 2 aliphatic rings. The second kappa shape index (κ2) is 8.95. The van der Waals surface area contributed by atoms with Crippen molar-refractivity contribution in [1.82, 2.24) is 10.2 Å². The van der Waals surface area contributed by atoms with Crippen molar-refractivity contribution in [2.75, 3.05) is 11.9 Å². The van der Waals surface area contributed by atoms with Crippen LogP contribution in [-0.2, 0) is 20.9 Å². The molecule has 0 aromatic heterocycles. The van der Waals surface area contributed by atoms with Gasteiger partial charge in [0.25, 0.3) is 5.91 Å². The number of allylic oxidation sites excluding steroid dienone is 2. The van der Waals surface area contributed by atoms with Crippen molar-refractivity contribution in [3.8, 4) is 0 Å². The third-order valence-electron chi connectivity index (χ3n) is 5.64. The van der Waals surface area contributed by atoms with Crippen LogP contribution in [0, 0.1) is 11.8 Å². The molecule has 0 saturated carbocycles. The number of anilines is 1. The Morgan fingerprint density at radius 3 is 2.16 bits per heavy atom. The number of imide groups is 1. The van der Waals surface area contributed by atoms with Crippen LogP contribution in [0.25, 0.3) is 0 Å². The van der Waals surface area contributed by atoms with Crippen molar-refractivity contribution < 1.29 is 19.2 Å². The summed E-state index contributed by atoms with van der Waals surface area (Å²) in [6.45, 7) is 0.000182. The zero-order chi connectivity index (χ0) is 21.8. The van der Waals surface area contributed by atoms with Crippen molar-refractivity contribution in [2.45, 2.75) is 19.4 Å². The molecular weight excluding hydrogens is 394 g/mol. The second-order valence-corrected chi connectivity index (χ2v) is 7.68. The molecule has 7 heteroatoms. The van der Waals surface area contributed by atoms with Gasteiger partial charge >= 0.3 is 0 Å². The van der Waals surface area contributed by atoms with Gasteiger partial charge in [0.1, 0.15) is 6.54 Å². The number of hydrogen-bond donors (Lipinski definition) is 2. The Morgan fingerprint density at radius 1 is 0.871 bits per heavy atom. The lowest BCUT2D eigenvalue weighted by Crippen LogP contribution is -2.38. The molecule has 4 amide bonds. The Bertz CT molecular complexity index is 1020. The van der Waals surface area contributed by atoms with Gasteiger partial charge in [-0.3, -0.25) is 24.1 Å². The van der Waals surface area contributed by atoms with E-state index in [1.54, 1.807) is 24.3 Å². The number of benzene rings is 2. The Hall–Kier alpha value is -3.74. The van der Waals surface area contributed by atoms with E-state index in [1.165, 1.54) is 0 Å². The van der Waals surface area contributed by atoms with Crippen LogP contribution in [0.5, 0.6) is 0 Å². The number of carbonyl (C=O) groups excluding carboxylic acids is 4. The third kappa shape index (κ3) is 4.40. The van der Waals surface area contributed by atoms with E-state index in [1.807, 2.05) is 42.5 Å². The van der Waals surface area contributed by atoms with E-state index in [2.05, 4.69) is 10.6 Å². The summed E-state index contributed by atoms with van der Waals surface area (Å²) in [5.74, 6) is -2.20. The number of para-hydroxylation sites is 1. The highest BCUT2D eigenvalue weighted by atomic mass is 16.2. The summed E-state index contributed by atoms with van der Waals surface area (Å²) in [6.07, 6.45) is 4.86. The number of rotatable bonds is 6. The molecule has 4 rings (SSSR count). The molecule has 2 atom stereocenters. The fourth-order valence-corrected chi connectivity index (χ4v) is 4.02. The molecule has 2 unspecified atom stereocenters. The zero-order valence-electron chi connectivity index (χ0n) is 16.9. The Balaban J connectivity index is 1.40. The summed E-state index contributed by atoms with van der Waals surface area (Å²) in [5, 5.41) is 5.51. The summed E-state index contributed by atoms with van der Waals surface area (Å²) in [5.41, 5.74) is 1.60. The average molecular weight is 417 g/mol. The molecule has 0 bridgehead atoms. The van der Waals surface area contributed by atoms with Crippen molar-refractivity contribution >= 4 is 29.3 Å². The second-order valence-electron chi connectivity index (χ2n) is 7.68. The number of likely N-dealkylation sites (tertiary alicyclic amines) is 1.